The van der Waals surface area contributed by atoms with Crippen molar-refractivity contribution in [2.24, 2.45) is 5.92 Å². The predicted octanol–water partition coefficient (Wildman–Crippen LogP) is -1.07. The van der Waals surface area contributed by atoms with E-state index in [1.165, 1.54) is 0 Å². The molecule has 6 nitrogen and oxygen atoms in total. The molecule has 0 spiro atoms. The Balaban J connectivity index is 2.46. The Labute approximate surface area is 94.8 Å². The lowest BCUT2D eigenvalue weighted by Gasteiger charge is -2.20. The van der Waals surface area contributed by atoms with E-state index in [1.54, 1.807) is 7.11 Å². The van der Waals surface area contributed by atoms with Crippen molar-refractivity contribution in [3.05, 3.63) is 0 Å². The van der Waals surface area contributed by atoms with E-state index in [9.17, 15) is 4.79 Å². The van der Waals surface area contributed by atoms with Crippen LogP contribution in [0.5, 0.6) is 0 Å². The lowest BCUT2D eigenvalue weighted by atomic mass is 9.81. The molecular weight excluding hydrogens is 213 g/mol. The SMILES string of the molecule is CO[C@H]1CN[C@H](C(=O)O)[C@@H]1CCCB(O)O. The molecule has 3 atom stereocenters. The molecule has 7 heteroatoms. The number of methoxy groups -OCH3 is 1. The highest BCUT2D eigenvalue weighted by Crippen LogP contribution is 2.25. The maximum absolute atomic E-state index is 11.0. The van der Waals surface area contributed by atoms with Gasteiger partial charge in [0.1, 0.15) is 6.04 Å². The van der Waals surface area contributed by atoms with Crippen LogP contribution >= 0.6 is 0 Å². The molecule has 1 rings (SSSR count). The summed E-state index contributed by atoms with van der Waals surface area (Å²) in [6.07, 6.45) is 1.34. The molecule has 0 unspecified atom stereocenters. The third-order valence-corrected chi connectivity index (χ3v) is 3.01. The summed E-state index contributed by atoms with van der Waals surface area (Å²) in [4.78, 5) is 11.0. The van der Waals surface area contributed by atoms with Crippen molar-refractivity contribution in [1.29, 1.82) is 0 Å². The maximum Gasteiger partial charge on any atom is 0.451 e. The quantitative estimate of drug-likeness (QED) is 0.434. The average Bonchev–Trinajstić information content (AvgIpc) is 2.60. The van der Waals surface area contributed by atoms with Crippen molar-refractivity contribution in [2.75, 3.05) is 13.7 Å². The van der Waals surface area contributed by atoms with Crippen molar-refractivity contribution in [1.82, 2.24) is 5.32 Å². The van der Waals surface area contributed by atoms with Crippen molar-refractivity contribution in [3.63, 3.8) is 0 Å². The fourth-order valence-corrected chi connectivity index (χ4v) is 2.18. The van der Waals surface area contributed by atoms with Gasteiger partial charge in [0.05, 0.1) is 6.10 Å². The summed E-state index contributed by atoms with van der Waals surface area (Å²) in [5.41, 5.74) is 0. The largest absolute Gasteiger partial charge is 0.480 e. The van der Waals surface area contributed by atoms with Gasteiger partial charge in [0.15, 0.2) is 0 Å². The van der Waals surface area contributed by atoms with E-state index < -0.39 is 19.1 Å². The Morgan fingerprint density at radius 2 is 2.25 bits per heavy atom. The van der Waals surface area contributed by atoms with Crippen LogP contribution in [0.3, 0.4) is 0 Å². The Morgan fingerprint density at radius 1 is 1.56 bits per heavy atom. The maximum atomic E-state index is 11.0. The highest BCUT2D eigenvalue weighted by molar-refractivity contribution is 6.40. The zero-order chi connectivity index (χ0) is 12.1. The molecule has 1 heterocycles. The fraction of sp³-hybridized carbons (Fsp3) is 0.889. The molecule has 0 saturated carbocycles. The van der Waals surface area contributed by atoms with Crippen LogP contribution in [0.1, 0.15) is 12.8 Å². The number of aliphatic carboxylic acids is 1. The molecule has 0 radical (unpaired) electrons. The number of hydrogen-bond acceptors (Lipinski definition) is 5. The molecule has 92 valence electrons. The number of carbonyl (C=O) groups is 1. The molecule has 0 amide bonds. The van der Waals surface area contributed by atoms with E-state index in [0.717, 1.165) is 0 Å². The van der Waals surface area contributed by atoms with Gasteiger partial charge in [-0.2, -0.15) is 0 Å². The molecule has 1 saturated heterocycles. The number of ether oxygens (including phenoxy) is 1. The van der Waals surface area contributed by atoms with Gasteiger partial charge in [0.25, 0.3) is 0 Å². The monoisotopic (exact) mass is 231 g/mol. The number of carboxylic acids is 1. The molecule has 1 aliphatic rings. The predicted molar refractivity (Wildman–Crippen MR) is 57.9 cm³/mol. The van der Waals surface area contributed by atoms with Crippen LogP contribution in [0, 0.1) is 5.92 Å². The molecule has 1 aliphatic heterocycles. The molecule has 4 N–H and O–H groups in total. The van der Waals surface area contributed by atoms with Crippen molar-refractivity contribution in [3.8, 4) is 0 Å². The van der Waals surface area contributed by atoms with E-state index in [2.05, 4.69) is 5.32 Å². The lowest BCUT2D eigenvalue weighted by molar-refractivity contribution is -0.140. The first-order valence-corrected chi connectivity index (χ1v) is 5.41. The first-order valence-electron chi connectivity index (χ1n) is 5.41. The minimum absolute atomic E-state index is 0.110. The van der Waals surface area contributed by atoms with Crippen molar-refractivity contribution in [2.45, 2.75) is 31.3 Å². The third-order valence-electron chi connectivity index (χ3n) is 3.01. The number of hydrogen-bond donors (Lipinski definition) is 4. The molecule has 1 fully saturated rings. The van der Waals surface area contributed by atoms with E-state index in [1.807, 2.05) is 0 Å². The molecule has 0 aromatic carbocycles. The first-order chi connectivity index (χ1) is 7.56. The van der Waals surface area contributed by atoms with Gasteiger partial charge in [-0.3, -0.25) is 4.79 Å². The molecule has 0 aromatic heterocycles. The summed E-state index contributed by atoms with van der Waals surface area (Å²) in [6, 6.07) is -0.596. The zero-order valence-corrected chi connectivity index (χ0v) is 9.30. The fourth-order valence-electron chi connectivity index (χ4n) is 2.18. The molecule has 0 aromatic rings. The van der Waals surface area contributed by atoms with E-state index in [0.29, 0.717) is 19.4 Å². The second-order valence-electron chi connectivity index (χ2n) is 4.07. The van der Waals surface area contributed by atoms with Crippen LogP contribution in [0.4, 0.5) is 0 Å². The molecule has 16 heavy (non-hydrogen) atoms. The van der Waals surface area contributed by atoms with Crippen LogP contribution in [0.25, 0.3) is 0 Å². The lowest BCUT2D eigenvalue weighted by Crippen LogP contribution is -2.36. The molecule has 0 bridgehead atoms. The van der Waals surface area contributed by atoms with E-state index in [4.69, 9.17) is 19.9 Å². The first kappa shape index (κ1) is 13.4. The zero-order valence-electron chi connectivity index (χ0n) is 9.30. The minimum atomic E-state index is -1.32. The van der Waals surface area contributed by atoms with Gasteiger partial charge in [-0.05, 0) is 12.7 Å². The van der Waals surface area contributed by atoms with Gasteiger partial charge in [-0.1, -0.05) is 6.42 Å². The Bertz CT molecular complexity index is 238. The summed E-state index contributed by atoms with van der Waals surface area (Å²) in [5.74, 6) is -0.990. The highest BCUT2D eigenvalue weighted by Gasteiger charge is 2.39. The summed E-state index contributed by atoms with van der Waals surface area (Å²) in [6.45, 7) is 0.528. The van der Waals surface area contributed by atoms with Crippen LogP contribution in [0.15, 0.2) is 0 Å². The summed E-state index contributed by atoms with van der Waals surface area (Å²) in [5, 5.41) is 29.3. The van der Waals surface area contributed by atoms with E-state index >= 15 is 0 Å². The van der Waals surface area contributed by atoms with Gasteiger partial charge in [0.2, 0.25) is 0 Å². The normalized spacial score (nSPS) is 29.3. The highest BCUT2D eigenvalue weighted by atomic mass is 16.5. The van der Waals surface area contributed by atoms with Crippen LogP contribution < -0.4 is 5.32 Å². The van der Waals surface area contributed by atoms with Gasteiger partial charge in [0, 0.05) is 19.6 Å². The molecular formula is C9H18BNO5. The van der Waals surface area contributed by atoms with Gasteiger partial charge < -0.3 is 25.2 Å². The summed E-state index contributed by atoms with van der Waals surface area (Å²) >= 11 is 0. The second-order valence-corrected chi connectivity index (χ2v) is 4.07. The van der Waals surface area contributed by atoms with Gasteiger partial charge in [-0.15, -0.1) is 0 Å². The Kier molecular flexibility index (Phi) is 5.20. The molecule has 0 aliphatic carbocycles. The minimum Gasteiger partial charge on any atom is -0.480 e. The number of rotatable bonds is 6. The Hall–Kier alpha value is -0.625. The van der Waals surface area contributed by atoms with Gasteiger partial charge in [-0.25, -0.2) is 0 Å². The number of carboxylic acid groups (broad SMARTS) is 1. The summed E-state index contributed by atoms with van der Waals surface area (Å²) < 4.78 is 5.21. The topological polar surface area (TPSA) is 99.0 Å². The standard InChI is InChI=1S/C9H18BNO5/c1-16-7-5-11-8(9(12)13)6(7)3-2-4-10(14)15/h6-8,11,14-15H,2-5H2,1H3,(H,12,13)/t6-,7+,8+/m1/s1. The summed E-state index contributed by atoms with van der Waals surface area (Å²) in [7, 11) is 0.239. The van der Waals surface area contributed by atoms with E-state index in [-0.39, 0.29) is 18.3 Å². The van der Waals surface area contributed by atoms with Crippen LogP contribution in [-0.4, -0.2) is 54.0 Å². The van der Waals surface area contributed by atoms with Gasteiger partial charge >= 0.3 is 13.1 Å². The van der Waals surface area contributed by atoms with Crippen LogP contribution in [-0.2, 0) is 9.53 Å². The number of nitrogens with one attached hydrogen (secondary N) is 1. The third kappa shape index (κ3) is 3.45. The van der Waals surface area contributed by atoms with Crippen LogP contribution in [0.2, 0.25) is 6.32 Å². The van der Waals surface area contributed by atoms with Crippen molar-refractivity contribution >= 4 is 13.1 Å². The average molecular weight is 231 g/mol. The Morgan fingerprint density at radius 3 is 2.75 bits per heavy atom. The van der Waals surface area contributed by atoms with Crippen molar-refractivity contribution < 1.29 is 24.7 Å². The smallest absolute Gasteiger partial charge is 0.451 e. The second kappa shape index (κ2) is 6.19.